The average molecular weight is 287 g/mol. The van der Waals surface area contributed by atoms with Crippen LogP contribution in [0.15, 0.2) is 22.7 Å². The first kappa shape index (κ1) is 11.0. The van der Waals surface area contributed by atoms with E-state index in [9.17, 15) is 0 Å². The molecule has 0 aliphatic carbocycles. The van der Waals surface area contributed by atoms with Crippen molar-refractivity contribution in [3.8, 4) is 0 Å². The molecule has 0 radical (unpaired) electrons. The maximum atomic E-state index is 8.99. The Balaban J connectivity index is 2.63. The summed E-state index contributed by atoms with van der Waals surface area (Å²) in [6.07, 6.45) is 0. The second-order valence-corrected chi connectivity index (χ2v) is 4.43. The number of halogens is 1. The topological polar surface area (TPSA) is 38.0 Å². The Labute approximate surface area is 102 Å². The highest BCUT2D eigenvalue weighted by atomic mass is 79.9. The van der Waals surface area contributed by atoms with Gasteiger partial charge >= 0.3 is 0 Å². The lowest BCUT2D eigenvalue weighted by Gasteiger charge is -2.04. The van der Waals surface area contributed by atoms with Crippen molar-refractivity contribution >= 4 is 39.6 Å². The van der Waals surface area contributed by atoms with E-state index in [4.69, 9.17) is 5.11 Å². The lowest BCUT2D eigenvalue weighted by Crippen LogP contribution is -2.05. The minimum absolute atomic E-state index is 0.113. The molecule has 2 rings (SSSR count). The van der Waals surface area contributed by atoms with Crippen LogP contribution in [0.3, 0.4) is 0 Å². The lowest BCUT2D eigenvalue weighted by atomic mass is 10.3. The predicted octanol–water partition coefficient (Wildman–Crippen LogP) is 2.22. The number of fused-ring (bicyclic) bond motifs is 1. The Hall–Kier alpha value is -0.520. The molecule has 3 nitrogen and oxygen atoms in total. The van der Waals surface area contributed by atoms with Gasteiger partial charge in [-0.3, -0.25) is 0 Å². The van der Waals surface area contributed by atoms with Crippen molar-refractivity contribution in [2.24, 2.45) is 0 Å². The Morgan fingerprint density at radius 3 is 2.93 bits per heavy atom. The summed E-state index contributed by atoms with van der Waals surface area (Å²) >= 11 is 7.64. The molecule has 0 bridgehead atoms. The number of hydrogen-bond acceptors (Lipinski definition) is 3. The molecule has 15 heavy (non-hydrogen) atoms. The van der Waals surface area contributed by atoms with Crippen LogP contribution in [0.4, 0.5) is 0 Å². The molecule has 0 aliphatic heterocycles. The Bertz CT molecular complexity index is 483. The summed E-state index contributed by atoms with van der Waals surface area (Å²) in [4.78, 5) is 4.46. The fourth-order valence-corrected chi connectivity index (χ4v) is 2.21. The molecule has 1 aromatic carbocycles. The molecule has 0 saturated heterocycles. The molecule has 1 N–H and O–H groups in total. The average Bonchev–Trinajstić information content (AvgIpc) is 2.56. The third kappa shape index (κ3) is 2.04. The van der Waals surface area contributed by atoms with Crippen molar-refractivity contribution in [2.75, 3.05) is 6.61 Å². The van der Waals surface area contributed by atoms with Crippen LogP contribution in [0.5, 0.6) is 0 Å². The number of aromatic nitrogens is 2. The van der Waals surface area contributed by atoms with Gasteiger partial charge in [-0.1, -0.05) is 15.9 Å². The molecule has 0 saturated carbocycles. The van der Waals surface area contributed by atoms with E-state index in [1.807, 2.05) is 22.8 Å². The van der Waals surface area contributed by atoms with Gasteiger partial charge in [0.1, 0.15) is 5.82 Å². The van der Waals surface area contributed by atoms with Gasteiger partial charge in [-0.2, -0.15) is 12.6 Å². The summed E-state index contributed by atoms with van der Waals surface area (Å²) in [7, 11) is 0. The molecule has 80 valence electrons. The fourth-order valence-electron chi connectivity index (χ4n) is 1.62. The first-order valence-corrected chi connectivity index (χ1v) is 6.05. The zero-order chi connectivity index (χ0) is 10.8. The minimum Gasteiger partial charge on any atom is -0.395 e. The first-order chi connectivity index (χ1) is 7.26. The molecule has 5 heteroatoms. The second kappa shape index (κ2) is 4.55. The van der Waals surface area contributed by atoms with Crippen molar-refractivity contribution < 1.29 is 5.11 Å². The van der Waals surface area contributed by atoms with Crippen LogP contribution in [-0.4, -0.2) is 21.3 Å². The minimum atomic E-state index is 0.113. The summed E-state index contributed by atoms with van der Waals surface area (Å²) in [6, 6.07) is 5.94. The normalized spacial score (nSPS) is 11.1. The van der Waals surface area contributed by atoms with Gasteiger partial charge in [0.2, 0.25) is 0 Å². The monoisotopic (exact) mass is 286 g/mol. The van der Waals surface area contributed by atoms with Gasteiger partial charge in [0.25, 0.3) is 0 Å². The number of imidazole rings is 1. The summed E-state index contributed by atoms with van der Waals surface area (Å²) in [5.41, 5.74) is 1.97. The van der Waals surface area contributed by atoms with E-state index in [2.05, 4.69) is 33.5 Å². The maximum Gasteiger partial charge on any atom is 0.119 e. The Morgan fingerprint density at radius 2 is 2.27 bits per heavy atom. The first-order valence-electron chi connectivity index (χ1n) is 4.62. The van der Waals surface area contributed by atoms with Crippen molar-refractivity contribution in [2.45, 2.75) is 12.3 Å². The predicted molar refractivity (Wildman–Crippen MR) is 67.2 cm³/mol. The van der Waals surface area contributed by atoms with Gasteiger partial charge in [-0.25, -0.2) is 4.98 Å². The van der Waals surface area contributed by atoms with Crippen LogP contribution in [0.25, 0.3) is 11.0 Å². The van der Waals surface area contributed by atoms with Gasteiger partial charge in [-0.05, 0) is 18.2 Å². The Kier molecular flexibility index (Phi) is 3.33. The van der Waals surface area contributed by atoms with E-state index < -0.39 is 0 Å². The highest BCUT2D eigenvalue weighted by Gasteiger charge is 2.08. The van der Waals surface area contributed by atoms with Crippen LogP contribution in [0.2, 0.25) is 0 Å². The zero-order valence-electron chi connectivity index (χ0n) is 8.02. The summed E-state index contributed by atoms with van der Waals surface area (Å²) < 4.78 is 3.00. The van der Waals surface area contributed by atoms with Crippen LogP contribution in [0.1, 0.15) is 5.82 Å². The number of nitrogens with zero attached hydrogens (tertiary/aromatic N) is 2. The van der Waals surface area contributed by atoms with E-state index >= 15 is 0 Å². The molecule has 0 spiro atoms. The zero-order valence-corrected chi connectivity index (χ0v) is 10.5. The van der Waals surface area contributed by atoms with Gasteiger partial charge in [-0.15, -0.1) is 0 Å². The highest BCUT2D eigenvalue weighted by Crippen LogP contribution is 2.21. The highest BCUT2D eigenvalue weighted by molar-refractivity contribution is 9.10. The van der Waals surface area contributed by atoms with Crippen LogP contribution in [0, 0.1) is 0 Å². The van der Waals surface area contributed by atoms with Gasteiger partial charge < -0.3 is 9.67 Å². The van der Waals surface area contributed by atoms with Crippen LogP contribution >= 0.6 is 28.6 Å². The van der Waals surface area contributed by atoms with Gasteiger partial charge in [0.15, 0.2) is 0 Å². The quantitative estimate of drug-likeness (QED) is 0.850. The number of rotatable bonds is 3. The molecule has 0 atom stereocenters. The Morgan fingerprint density at radius 1 is 1.47 bits per heavy atom. The number of aliphatic hydroxyl groups excluding tert-OH is 1. The SMILES string of the molecule is OCCn1c(CS)nc2cc(Br)ccc21. The molecule has 1 heterocycles. The summed E-state index contributed by atoms with van der Waals surface area (Å²) in [5.74, 6) is 1.47. The largest absolute Gasteiger partial charge is 0.395 e. The molecule has 0 fully saturated rings. The number of hydrogen-bond donors (Lipinski definition) is 2. The second-order valence-electron chi connectivity index (χ2n) is 3.19. The standard InChI is InChI=1S/C10H11BrN2OS/c11-7-1-2-9-8(5-7)12-10(6-15)13(9)3-4-14/h1-2,5,14-15H,3-4,6H2. The third-order valence-electron chi connectivity index (χ3n) is 2.25. The van der Waals surface area contributed by atoms with E-state index in [-0.39, 0.29) is 6.61 Å². The number of thiol groups is 1. The van der Waals surface area contributed by atoms with Crippen LogP contribution < -0.4 is 0 Å². The van der Waals surface area contributed by atoms with Crippen molar-refractivity contribution in [3.05, 3.63) is 28.5 Å². The molecular formula is C10H11BrN2OS. The van der Waals surface area contributed by atoms with Crippen molar-refractivity contribution in [1.82, 2.24) is 9.55 Å². The van der Waals surface area contributed by atoms with Gasteiger partial charge in [0.05, 0.1) is 17.6 Å². The molecule has 2 aromatic rings. The summed E-state index contributed by atoms with van der Waals surface area (Å²) in [6.45, 7) is 0.677. The number of aliphatic hydroxyl groups is 1. The lowest BCUT2D eigenvalue weighted by molar-refractivity contribution is 0.276. The number of benzene rings is 1. The van der Waals surface area contributed by atoms with E-state index in [0.717, 1.165) is 21.3 Å². The third-order valence-corrected chi connectivity index (χ3v) is 3.03. The molecule has 0 amide bonds. The fraction of sp³-hybridized carbons (Fsp3) is 0.300. The van der Waals surface area contributed by atoms with E-state index in [1.165, 1.54) is 0 Å². The molecule has 0 aliphatic rings. The van der Waals surface area contributed by atoms with Crippen LogP contribution in [-0.2, 0) is 12.3 Å². The van der Waals surface area contributed by atoms with E-state index in [1.54, 1.807) is 0 Å². The smallest absolute Gasteiger partial charge is 0.119 e. The summed E-state index contributed by atoms with van der Waals surface area (Å²) in [5, 5.41) is 8.99. The van der Waals surface area contributed by atoms with Crippen molar-refractivity contribution in [1.29, 1.82) is 0 Å². The van der Waals surface area contributed by atoms with E-state index in [0.29, 0.717) is 12.3 Å². The molecule has 1 aromatic heterocycles. The maximum absolute atomic E-state index is 8.99. The van der Waals surface area contributed by atoms with Gasteiger partial charge in [0, 0.05) is 16.8 Å². The molecular weight excluding hydrogens is 276 g/mol. The van der Waals surface area contributed by atoms with Crippen molar-refractivity contribution in [3.63, 3.8) is 0 Å². The molecule has 0 unspecified atom stereocenters.